The monoisotopic (exact) mass is 387 g/mol. The van der Waals surface area contributed by atoms with E-state index in [0.717, 1.165) is 27.7 Å². The SMILES string of the molecule is COc1cc2ncnc(Nc3ccc([C@@H](O)c4ccccc4)cc3)c2cc1OC. The van der Waals surface area contributed by atoms with Crippen LogP contribution in [0.4, 0.5) is 11.5 Å². The summed E-state index contributed by atoms with van der Waals surface area (Å²) in [6.07, 6.45) is 0.839. The summed E-state index contributed by atoms with van der Waals surface area (Å²) in [4.78, 5) is 8.69. The number of nitrogens with zero attached hydrogens (tertiary/aromatic N) is 2. The number of aromatic nitrogens is 2. The third-order valence-corrected chi connectivity index (χ3v) is 4.75. The van der Waals surface area contributed by atoms with E-state index < -0.39 is 6.10 Å². The second-order valence-corrected chi connectivity index (χ2v) is 6.51. The zero-order valence-corrected chi connectivity index (χ0v) is 16.2. The molecule has 0 saturated heterocycles. The van der Waals surface area contributed by atoms with Gasteiger partial charge < -0.3 is 19.9 Å². The molecule has 0 aliphatic rings. The normalized spacial score (nSPS) is 11.8. The van der Waals surface area contributed by atoms with Gasteiger partial charge in [0.05, 0.1) is 19.7 Å². The Morgan fingerprint density at radius 3 is 2.17 bits per heavy atom. The molecule has 4 aromatic rings. The van der Waals surface area contributed by atoms with E-state index in [2.05, 4.69) is 15.3 Å². The number of nitrogens with one attached hydrogen (secondary N) is 1. The first-order chi connectivity index (χ1) is 14.2. The van der Waals surface area contributed by atoms with Gasteiger partial charge in [0.1, 0.15) is 18.2 Å². The first kappa shape index (κ1) is 18.7. The summed E-state index contributed by atoms with van der Waals surface area (Å²) in [6, 6.07) is 20.9. The van der Waals surface area contributed by atoms with Gasteiger partial charge in [0.15, 0.2) is 11.5 Å². The predicted molar refractivity (Wildman–Crippen MR) is 113 cm³/mol. The van der Waals surface area contributed by atoms with Crippen molar-refractivity contribution >= 4 is 22.4 Å². The van der Waals surface area contributed by atoms with Crippen LogP contribution in [-0.2, 0) is 0 Å². The number of fused-ring (bicyclic) bond motifs is 1. The Morgan fingerprint density at radius 2 is 1.48 bits per heavy atom. The van der Waals surface area contributed by atoms with E-state index in [1.807, 2.05) is 66.7 Å². The summed E-state index contributed by atoms with van der Waals surface area (Å²) in [5, 5.41) is 14.7. The zero-order valence-electron chi connectivity index (χ0n) is 16.2. The van der Waals surface area contributed by atoms with Gasteiger partial charge in [-0.1, -0.05) is 42.5 Å². The lowest BCUT2D eigenvalue weighted by Gasteiger charge is -2.14. The third-order valence-electron chi connectivity index (χ3n) is 4.75. The fourth-order valence-electron chi connectivity index (χ4n) is 3.20. The molecule has 6 nitrogen and oxygen atoms in total. The van der Waals surface area contributed by atoms with Crippen LogP contribution in [-0.4, -0.2) is 29.3 Å². The Balaban J connectivity index is 1.62. The van der Waals surface area contributed by atoms with Crippen LogP contribution < -0.4 is 14.8 Å². The van der Waals surface area contributed by atoms with Crippen LogP contribution in [0.2, 0.25) is 0 Å². The molecule has 0 amide bonds. The predicted octanol–water partition coefficient (Wildman–Crippen LogP) is 4.47. The Bertz CT molecular complexity index is 1120. The summed E-state index contributed by atoms with van der Waals surface area (Å²) in [6.45, 7) is 0. The van der Waals surface area contributed by atoms with Crippen molar-refractivity contribution in [3.8, 4) is 11.5 Å². The minimum Gasteiger partial charge on any atom is -0.493 e. The summed E-state index contributed by atoms with van der Waals surface area (Å²) in [5.41, 5.74) is 3.27. The van der Waals surface area contributed by atoms with Gasteiger partial charge in [-0.3, -0.25) is 0 Å². The van der Waals surface area contributed by atoms with Gasteiger partial charge in [-0.2, -0.15) is 0 Å². The molecular formula is C23H21N3O3. The van der Waals surface area contributed by atoms with E-state index >= 15 is 0 Å². The van der Waals surface area contributed by atoms with Crippen molar-refractivity contribution in [2.45, 2.75) is 6.10 Å². The number of anilines is 2. The Labute approximate surface area is 168 Å². The Hall–Kier alpha value is -3.64. The maximum absolute atomic E-state index is 10.6. The molecule has 6 heteroatoms. The van der Waals surface area contributed by atoms with E-state index in [1.54, 1.807) is 14.2 Å². The van der Waals surface area contributed by atoms with E-state index in [1.165, 1.54) is 6.33 Å². The average Bonchev–Trinajstić information content (AvgIpc) is 2.79. The van der Waals surface area contributed by atoms with E-state index in [4.69, 9.17) is 9.47 Å². The molecule has 3 aromatic carbocycles. The third kappa shape index (κ3) is 3.83. The first-order valence-corrected chi connectivity index (χ1v) is 9.16. The lowest BCUT2D eigenvalue weighted by molar-refractivity contribution is 0.220. The molecule has 2 N–H and O–H groups in total. The first-order valence-electron chi connectivity index (χ1n) is 9.16. The maximum Gasteiger partial charge on any atom is 0.162 e. The number of benzene rings is 3. The van der Waals surface area contributed by atoms with Crippen molar-refractivity contribution in [3.05, 3.63) is 84.2 Å². The lowest BCUT2D eigenvalue weighted by Crippen LogP contribution is -2.00. The van der Waals surface area contributed by atoms with Crippen LogP contribution in [0.1, 0.15) is 17.2 Å². The maximum atomic E-state index is 10.6. The van der Waals surface area contributed by atoms with Crippen LogP contribution >= 0.6 is 0 Å². The molecule has 1 heterocycles. The molecule has 0 spiro atoms. The quantitative estimate of drug-likeness (QED) is 0.508. The molecule has 1 aromatic heterocycles. The Morgan fingerprint density at radius 1 is 0.828 bits per heavy atom. The molecule has 29 heavy (non-hydrogen) atoms. The molecule has 146 valence electrons. The lowest BCUT2D eigenvalue weighted by atomic mass is 10.0. The van der Waals surface area contributed by atoms with Crippen LogP contribution in [0.5, 0.6) is 11.5 Å². The smallest absolute Gasteiger partial charge is 0.162 e. The summed E-state index contributed by atoms with van der Waals surface area (Å²) >= 11 is 0. The minimum atomic E-state index is -0.665. The molecule has 0 aliphatic carbocycles. The van der Waals surface area contributed by atoms with Crippen LogP contribution in [0.15, 0.2) is 73.1 Å². The minimum absolute atomic E-state index is 0.610. The molecule has 0 saturated carbocycles. The topological polar surface area (TPSA) is 76.5 Å². The van der Waals surface area contributed by atoms with Gasteiger partial charge in [-0.25, -0.2) is 9.97 Å². The highest BCUT2D eigenvalue weighted by atomic mass is 16.5. The van der Waals surface area contributed by atoms with Crippen LogP contribution in [0.3, 0.4) is 0 Å². The number of aliphatic hydroxyl groups is 1. The van der Waals surface area contributed by atoms with E-state index in [-0.39, 0.29) is 0 Å². The molecular weight excluding hydrogens is 366 g/mol. The zero-order chi connectivity index (χ0) is 20.2. The van der Waals surface area contributed by atoms with Gasteiger partial charge in [0.2, 0.25) is 0 Å². The number of hydrogen-bond donors (Lipinski definition) is 2. The van der Waals surface area contributed by atoms with Crippen molar-refractivity contribution in [1.29, 1.82) is 0 Å². The summed E-state index contributed by atoms with van der Waals surface area (Å²) < 4.78 is 10.7. The number of ether oxygens (including phenoxy) is 2. The highest BCUT2D eigenvalue weighted by molar-refractivity contribution is 5.93. The molecule has 1 atom stereocenters. The van der Waals surface area contributed by atoms with Crippen molar-refractivity contribution in [1.82, 2.24) is 9.97 Å². The average molecular weight is 387 g/mol. The standard InChI is InChI=1S/C23H21N3O3/c1-28-20-12-18-19(13-21(20)29-2)24-14-25-23(18)26-17-10-8-16(9-11-17)22(27)15-6-4-3-5-7-15/h3-14,22,27H,1-2H3,(H,24,25,26)/t22-/m0/s1. The van der Waals surface area contributed by atoms with Crippen molar-refractivity contribution in [2.75, 3.05) is 19.5 Å². The van der Waals surface area contributed by atoms with Gasteiger partial charge >= 0.3 is 0 Å². The summed E-state index contributed by atoms with van der Waals surface area (Å²) in [7, 11) is 3.19. The van der Waals surface area contributed by atoms with E-state index in [9.17, 15) is 5.11 Å². The fraction of sp³-hybridized carbons (Fsp3) is 0.130. The second-order valence-electron chi connectivity index (χ2n) is 6.51. The van der Waals surface area contributed by atoms with Crippen molar-refractivity contribution < 1.29 is 14.6 Å². The molecule has 0 bridgehead atoms. The van der Waals surface area contributed by atoms with Gasteiger partial charge in [0, 0.05) is 17.1 Å². The molecule has 0 aliphatic heterocycles. The van der Waals surface area contributed by atoms with Gasteiger partial charge in [0.25, 0.3) is 0 Å². The van der Waals surface area contributed by atoms with Gasteiger partial charge in [-0.15, -0.1) is 0 Å². The number of methoxy groups -OCH3 is 2. The number of hydrogen-bond acceptors (Lipinski definition) is 6. The number of aliphatic hydroxyl groups excluding tert-OH is 1. The largest absolute Gasteiger partial charge is 0.493 e. The van der Waals surface area contributed by atoms with Gasteiger partial charge in [-0.05, 0) is 29.3 Å². The van der Waals surface area contributed by atoms with E-state index in [0.29, 0.717) is 17.3 Å². The highest BCUT2D eigenvalue weighted by Gasteiger charge is 2.12. The van der Waals surface area contributed by atoms with Crippen molar-refractivity contribution in [2.24, 2.45) is 0 Å². The summed E-state index contributed by atoms with van der Waals surface area (Å²) in [5.74, 6) is 1.88. The van der Waals surface area contributed by atoms with Crippen LogP contribution in [0.25, 0.3) is 10.9 Å². The highest BCUT2D eigenvalue weighted by Crippen LogP contribution is 2.34. The van der Waals surface area contributed by atoms with Crippen molar-refractivity contribution in [3.63, 3.8) is 0 Å². The molecule has 0 radical (unpaired) electrons. The molecule has 4 rings (SSSR count). The van der Waals surface area contributed by atoms with Crippen LogP contribution in [0, 0.1) is 0 Å². The Kier molecular flexibility index (Phi) is 5.27. The second kappa shape index (κ2) is 8.16. The fourth-order valence-corrected chi connectivity index (χ4v) is 3.20. The number of rotatable bonds is 6. The molecule has 0 fully saturated rings. The molecule has 0 unspecified atom stereocenters.